The van der Waals surface area contributed by atoms with Crippen LogP contribution >= 0.6 is 11.6 Å². The highest BCUT2D eigenvalue weighted by Gasteiger charge is 2.25. The second-order valence-electron chi connectivity index (χ2n) is 9.97. The second kappa shape index (κ2) is 10.5. The number of hydrogen-bond acceptors (Lipinski definition) is 0. The van der Waals surface area contributed by atoms with Crippen molar-refractivity contribution >= 4 is 11.6 Å². The van der Waals surface area contributed by atoms with Crippen molar-refractivity contribution in [3.8, 4) is 11.1 Å². The molecule has 3 heteroatoms. The minimum Gasteiger partial charge on any atom is -0.205 e. The Kier molecular flexibility index (Phi) is 7.69. The molecule has 0 radical (unpaired) electrons. The van der Waals surface area contributed by atoms with Gasteiger partial charge in [0, 0.05) is 0 Å². The van der Waals surface area contributed by atoms with Crippen LogP contribution in [-0.4, -0.2) is 0 Å². The van der Waals surface area contributed by atoms with Crippen LogP contribution in [0.5, 0.6) is 0 Å². The molecule has 0 heterocycles. The Balaban J connectivity index is 1.26. The third-order valence-corrected chi connectivity index (χ3v) is 8.43. The summed E-state index contributed by atoms with van der Waals surface area (Å²) in [5.41, 5.74) is 2.71. The van der Waals surface area contributed by atoms with Crippen molar-refractivity contribution in [3.05, 3.63) is 58.6 Å². The van der Waals surface area contributed by atoms with Crippen molar-refractivity contribution in [2.75, 3.05) is 0 Å². The molecule has 0 bridgehead atoms. The third kappa shape index (κ3) is 5.69. The van der Waals surface area contributed by atoms with Gasteiger partial charge in [0.25, 0.3) is 0 Å². The SMILES string of the molecule is CC[C@H]1CC[C@H](CCC2CCC(c3ccc(-c4cc(F)c(Cl)c(F)c4)cc3)CC2)CC1. The van der Waals surface area contributed by atoms with Gasteiger partial charge in [-0.05, 0) is 78.2 Å². The van der Waals surface area contributed by atoms with Gasteiger partial charge in [0.2, 0.25) is 0 Å². The van der Waals surface area contributed by atoms with Crippen molar-refractivity contribution in [2.45, 2.75) is 83.5 Å². The summed E-state index contributed by atoms with van der Waals surface area (Å²) in [6, 6.07) is 10.8. The van der Waals surface area contributed by atoms with Crippen LogP contribution in [0.2, 0.25) is 5.02 Å². The van der Waals surface area contributed by atoms with Gasteiger partial charge in [0.05, 0.1) is 0 Å². The molecule has 0 unspecified atom stereocenters. The number of hydrogen-bond donors (Lipinski definition) is 0. The Hall–Kier alpha value is -1.41. The highest BCUT2D eigenvalue weighted by atomic mass is 35.5. The van der Waals surface area contributed by atoms with E-state index in [2.05, 4.69) is 19.1 Å². The van der Waals surface area contributed by atoms with E-state index in [-0.39, 0.29) is 0 Å². The molecule has 0 atom stereocenters. The molecule has 2 saturated carbocycles. The van der Waals surface area contributed by atoms with Crippen molar-refractivity contribution in [2.24, 2.45) is 17.8 Å². The maximum atomic E-state index is 13.8. The van der Waals surface area contributed by atoms with Gasteiger partial charge < -0.3 is 0 Å². The molecule has 168 valence electrons. The Bertz CT molecular complexity index is 821. The zero-order valence-electron chi connectivity index (χ0n) is 18.7. The van der Waals surface area contributed by atoms with Crippen molar-refractivity contribution in [1.29, 1.82) is 0 Å². The Morgan fingerprint density at radius 3 is 1.71 bits per heavy atom. The summed E-state index contributed by atoms with van der Waals surface area (Å²) in [6.45, 7) is 2.34. The predicted molar refractivity (Wildman–Crippen MR) is 126 cm³/mol. The normalized spacial score (nSPS) is 26.7. The van der Waals surface area contributed by atoms with Crippen LogP contribution in [0.15, 0.2) is 36.4 Å². The molecule has 31 heavy (non-hydrogen) atoms. The van der Waals surface area contributed by atoms with E-state index in [9.17, 15) is 8.78 Å². The van der Waals surface area contributed by atoms with Crippen LogP contribution in [0, 0.1) is 29.4 Å². The van der Waals surface area contributed by atoms with Crippen LogP contribution in [0.4, 0.5) is 8.78 Å². The lowest BCUT2D eigenvalue weighted by Crippen LogP contribution is -2.17. The molecule has 0 N–H and O–H groups in total. The lowest BCUT2D eigenvalue weighted by molar-refractivity contribution is 0.227. The summed E-state index contributed by atoms with van der Waals surface area (Å²) in [6.07, 6.45) is 15.3. The van der Waals surface area contributed by atoms with Crippen molar-refractivity contribution in [1.82, 2.24) is 0 Å². The van der Waals surface area contributed by atoms with Crippen LogP contribution < -0.4 is 0 Å². The molecule has 0 aromatic heterocycles. The number of rotatable bonds is 6. The molecule has 2 aromatic rings. The summed E-state index contributed by atoms with van der Waals surface area (Å²) in [7, 11) is 0. The first-order valence-corrected chi connectivity index (χ1v) is 12.7. The minimum atomic E-state index is -0.711. The van der Waals surface area contributed by atoms with E-state index in [1.54, 1.807) is 0 Å². The van der Waals surface area contributed by atoms with Gasteiger partial charge in [-0.15, -0.1) is 0 Å². The van der Waals surface area contributed by atoms with E-state index in [0.29, 0.717) is 11.5 Å². The fourth-order valence-corrected chi connectivity index (χ4v) is 5.96. The molecule has 4 rings (SSSR count). The summed E-state index contributed by atoms with van der Waals surface area (Å²) in [5, 5.41) is -0.439. The van der Waals surface area contributed by atoms with E-state index >= 15 is 0 Å². The zero-order chi connectivity index (χ0) is 21.8. The Morgan fingerprint density at radius 1 is 0.710 bits per heavy atom. The molecule has 0 amide bonds. The van der Waals surface area contributed by atoms with Crippen LogP contribution in [0.25, 0.3) is 11.1 Å². The lowest BCUT2D eigenvalue weighted by Gasteiger charge is -2.32. The molecule has 0 saturated heterocycles. The standard InChI is InChI=1S/C28H35ClF2/c1-2-19-3-5-20(6-4-19)7-8-21-9-11-22(12-10-21)23-13-15-24(16-14-23)25-17-26(30)28(29)27(31)18-25/h13-22H,2-12H2,1H3/t19-,20-,21?,22?. The minimum absolute atomic E-state index is 0.439. The van der Waals surface area contributed by atoms with Crippen LogP contribution in [-0.2, 0) is 0 Å². The molecule has 2 fully saturated rings. The topological polar surface area (TPSA) is 0 Å². The van der Waals surface area contributed by atoms with Gasteiger partial charge in [-0.25, -0.2) is 8.78 Å². The molecule has 0 aliphatic heterocycles. The average molecular weight is 445 g/mol. The maximum absolute atomic E-state index is 13.8. The van der Waals surface area contributed by atoms with E-state index < -0.39 is 16.7 Å². The zero-order valence-corrected chi connectivity index (χ0v) is 19.4. The fraction of sp³-hybridized carbons (Fsp3) is 0.571. The first-order chi connectivity index (χ1) is 15.0. The van der Waals surface area contributed by atoms with E-state index in [1.165, 1.54) is 88.3 Å². The Morgan fingerprint density at radius 2 is 1.19 bits per heavy atom. The highest BCUT2D eigenvalue weighted by Crippen LogP contribution is 2.40. The quantitative estimate of drug-likeness (QED) is 0.389. The van der Waals surface area contributed by atoms with Gasteiger partial charge >= 0.3 is 0 Å². The van der Waals surface area contributed by atoms with E-state index in [1.807, 2.05) is 12.1 Å². The third-order valence-electron chi connectivity index (χ3n) is 8.07. The molecular formula is C28H35ClF2. The lowest BCUT2D eigenvalue weighted by atomic mass is 9.74. The molecule has 0 spiro atoms. The summed E-state index contributed by atoms with van der Waals surface area (Å²) in [4.78, 5) is 0. The monoisotopic (exact) mass is 444 g/mol. The fourth-order valence-electron chi connectivity index (χ4n) is 5.85. The largest absolute Gasteiger partial charge is 0.205 e. The maximum Gasteiger partial charge on any atom is 0.145 e. The Labute approximate surface area is 191 Å². The van der Waals surface area contributed by atoms with Gasteiger partial charge in [0.15, 0.2) is 0 Å². The van der Waals surface area contributed by atoms with Gasteiger partial charge in [-0.3, -0.25) is 0 Å². The average Bonchev–Trinajstić information content (AvgIpc) is 2.81. The molecular weight excluding hydrogens is 410 g/mol. The summed E-state index contributed by atoms with van der Waals surface area (Å²) >= 11 is 5.60. The van der Waals surface area contributed by atoms with E-state index in [4.69, 9.17) is 11.6 Å². The molecule has 0 nitrogen and oxygen atoms in total. The summed E-state index contributed by atoms with van der Waals surface area (Å²) in [5.74, 6) is 2.07. The number of benzene rings is 2. The summed E-state index contributed by atoms with van der Waals surface area (Å²) < 4.78 is 27.6. The van der Waals surface area contributed by atoms with Gasteiger partial charge in [-0.2, -0.15) is 0 Å². The first-order valence-electron chi connectivity index (χ1n) is 12.3. The van der Waals surface area contributed by atoms with Crippen LogP contribution in [0.3, 0.4) is 0 Å². The predicted octanol–water partition coefficient (Wildman–Crippen LogP) is 9.56. The van der Waals surface area contributed by atoms with Gasteiger partial charge in [-0.1, -0.05) is 87.7 Å². The first kappa shape index (κ1) is 22.8. The molecule has 2 aromatic carbocycles. The smallest absolute Gasteiger partial charge is 0.145 e. The number of halogens is 3. The second-order valence-corrected chi connectivity index (χ2v) is 10.3. The van der Waals surface area contributed by atoms with Crippen LogP contribution in [0.1, 0.15) is 89.0 Å². The van der Waals surface area contributed by atoms with Crippen molar-refractivity contribution < 1.29 is 8.78 Å². The van der Waals surface area contributed by atoms with Crippen molar-refractivity contribution in [3.63, 3.8) is 0 Å². The highest BCUT2D eigenvalue weighted by molar-refractivity contribution is 6.31. The molecule has 2 aliphatic rings. The van der Waals surface area contributed by atoms with E-state index in [0.717, 1.165) is 23.3 Å². The van der Waals surface area contributed by atoms with Gasteiger partial charge in [0.1, 0.15) is 16.7 Å². The molecule has 2 aliphatic carbocycles.